The van der Waals surface area contributed by atoms with Crippen molar-refractivity contribution in [2.24, 2.45) is 7.05 Å². The summed E-state index contributed by atoms with van der Waals surface area (Å²) in [5.74, 6) is -2.91. The van der Waals surface area contributed by atoms with Crippen molar-refractivity contribution in [3.05, 3.63) is 130 Å². The molecule has 6 saturated heterocycles. The Kier molecular flexibility index (Phi) is 12.1. The molecule has 15 nitrogen and oxygen atoms in total. The topological polar surface area (TPSA) is 147 Å². The molecule has 20 heteroatoms. The zero-order valence-corrected chi connectivity index (χ0v) is 44.8. The maximum Gasteiger partial charge on any atom is 0.319 e. The van der Waals surface area contributed by atoms with Crippen LogP contribution in [0.5, 0.6) is 12.0 Å². The first kappa shape index (κ1) is 49.9. The van der Waals surface area contributed by atoms with Crippen LogP contribution in [0.4, 0.5) is 29.2 Å². The lowest BCUT2D eigenvalue weighted by Crippen LogP contribution is -2.51. The summed E-state index contributed by atoms with van der Waals surface area (Å²) in [4.78, 5) is 39.7. The third-order valence-corrected chi connectivity index (χ3v) is 18.5. The highest BCUT2D eigenvalue weighted by molar-refractivity contribution is 6.36. The number of ether oxygens (including phenoxy) is 2. The van der Waals surface area contributed by atoms with Crippen molar-refractivity contribution < 1.29 is 27.0 Å². The molecule has 4 bridgehead atoms. The van der Waals surface area contributed by atoms with Gasteiger partial charge < -0.3 is 34.5 Å². The second kappa shape index (κ2) is 19.3. The first-order valence-electron chi connectivity index (χ1n) is 28.0. The number of piperazine rings is 2. The first-order valence-corrected chi connectivity index (χ1v) is 28.4. The van der Waals surface area contributed by atoms with Gasteiger partial charge in [-0.3, -0.25) is 14.9 Å². The number of alkyl halides is 2. The Morgan fingerprint density at radius 2 is 1.40 bits per heavy atom. The number of hydrogen-bond acceptors (Lipinski definition) is 14. The Bertz CT molecular complexity index is 3800. The lowest BCUT2D eigenvalue weighted by molar-refractivity contribution is 0.00647. The lowest BCUT2D eigenvalue weighted by atomic mass is 9.78. The van der Waals surface area contributed by atoms with E-state index in [0.29, 0.717) is 102 Å². The van der Waals surface area contributed by atoms with Gasteiger partial charge in [0.15, 0.2) is 11.6 Å². The smallest absolute Gasteiger partial charge is 0.319 e. The number of aryl methyl sites for hydroxylation is 1. The molecule has 0 spiro atoms. The van der Waals surface area contributed by atoms with Crippen molar-refractivity contribution in [1.82, 2.24) is 55.0 Å². The largest absolute Gasteiger partial charge is 0.463 e. The zero-order chi connectivity index (χ0) is 54.0. The zero-order valence-electron chi connectivity index (χ0n) is 44.1. The van der Waals surface area contributed by atoms with Crippen LogP contribution in [0, 0.1) is 11.6 Å². The molecule has 3 aromatic carbocycles. The quantitative estimate of drug-likeness (QED) is 0.112. The summed E-state index contributed by atoms with van der Waals surface area (Å²) in [5, 5.41) is 10.2. The third kappa shape index (κ3) is 8.59. The van der Waals surface area contributed by atoms with Crippen molar-refractivity contribution in [2.45, 2.75) is 105 Å². The second-order valence-corrected chi connectivity index (χ2v) is 23.6. The van der Waals surface area contributed by atoms with Crippen molar-refractivity contribution in [3.8, 4) is 23.3 Å². The molecular formula is C60H58ClF4N13O2. The Hall–Kier alpha value is -7.06. The molecule has 15 rings (SSSR count). The van der Waals surface area contributed by atoms with E-state index in [1.165, 1.54) is 0 Å². The molecule has 0 saturated carbocycles. The fourth-order valence-corrected chi connectivity index (χ4v) is 14.8. The van der Waals surface area contributed by atoms with Gasteiger partial charge in [-0.2, -0.15) is 19.9 Å². The van der Waals surface area contributed by atoms with Crippen LogP contribution in [0.3, 0.4) is 0 Å². The van der Waals surface area contributed by atoms with Gasteiger partial charge >= 0.3 is 12.0 Å². The van der Waals surface area contributed by atoms with Gasteiger partial charge in [0, 0.05) is 123 Å². The Morgan fingerprint density at radius 3 is 2.10 bits per heavy atom. The highest BCUT2D eigenvalue weighted by atomic mass is 35.5. The summed E-state index contributed by atoms with van der Waals surface area (Å²) in [6.07, 6.45) is 14.5. The molecule has 80 heavy (non-hydrogen) atoms. The summed E-state index contributed by atoms with van der Waals surface area (Å²) in [5.41, 5.74) is 2.50. The fourth-order valence-electron chi connectivity index (χ4n) is 14.5. The predicted octanol–water partition coefficient (Wildman–Crippen LogP) is 9.59. The molecule has 8 aromatic rings. The summed E-state index contributed by atoms with van der Waals surface area (Å²) < 4.78 is 82.4. The molecule has 7 aliphatic rings. The van der Waals surface area contributed by atoms with Crippen molar-refractivity contribution >= 4 is 61.9 Å². The maximum atomic E-state index is 17.8. The van der Waals surface area contributed by atoms with E-state index >= 15 is 17.6 Å². The van der Waals surface area contributed by atoms with Crippen LogP contribution in [-0.4, -0.2) is 132 Å². The molecule has 1 aliphatic carbocycles. The Morgan fingerprint density at radius 1 is 0.738 bits per heavy atom. The second-order valence-electron chi connectivity index (χ2n) is 23.2. The van der Waals surface area contributed by atoms with Crippen molar-refractivity contribution in [3.63, 3.8) is 0 Å². The summed E-state index contributed by atoms with van der Waals surface area (Å²) >= 11 is 6.75. The van der Waals surface area contributed by atoms with Gasteiger partial charge in [0.25, 0.3) is 5.92 Å². The number of imidazole rings is 1. The van der Waals surface area contributed by atoms with E-state index in [1.54, 1.807) is 30.7 Å². The first-order chi connectivity index (χ1) is 38.9. The van der Waals surface area contributed by atoms with E-state index < -0.39 is 48.0 Å². The van der Waals surface area contributed by atoms with E-state index in [2.05, 4.69) is 31.5 Å². The number of rotatable bonds is 12. The number of nitrogens with one attached hydrogen (secondary N) is 2. The van der Waals surface area contributed by atoms with Gasteiger partial charge in [0.2, 0.25) is 0 Å². The average Bonchev–Trinajstić information content (AvgIpc) is 4.41. The van der Waals surface area contributed by atoms with Crippen molar-refractivity contribution in [1.29, 1.82) is 0 Å². The highest BCUT2D eigenvalue weighted by Gasteiger charge is 2.61. The minimum absolute atomic E-state index is 0.0228. The van der Waals surface area contributed by atoms with Crippen LogP contribution in [0.2, 0.25) is 5.02 Å². The molecule has 410 valence electrons. The molecule has 11 heterocycles. The fraction of sp³-hybridized carbons (Fsp3) is 0.417. The highest BCUT2D eigenvalue weighted by Crippen LogP contribution is 2.53. The van der Waals surface area contributed by atoms with E-state index in [4.69, 9.17) is 51.0 Å². The molecular weight excluding hydrogens is 1050 g/mol. The van der Waals surface area contributed by atoms with Gasteiger partial charge in [-0.25, -0.2) is 22.5 Å². The minimum Gasteiger partial charge on any atom is -0.463 e. The number of halogens is 5. The Balaban J connectivity index is 0.756. The lowest BCUT2D eigenvalue weighted by Gasteiger charge is -2.37. The van der Waals surface area contributed by atoms with Crippen LogP contribution < -0.4 is 29.9 Å². The van der Waals surface area contributed by atoms with Gasteiger partial charge in [-0.15, -0.1) is 0 Å². The standard InChI is InChI=1S/C60H58ClF4N13O2/c1-75-20-19-66-47(75)17-21-79-57-71-54-44(55(73-57)76-26-36-12-13-37(27-76)69-36)25-68-52(50(54)63)42-23-35(22-34-6-2-3-9-40(34)42)46-16-18-59(30-60(64,65)31-78(46)59)32-80-58-72-53-43(56(74-58)77-28-38-14-15-39(29-77)70-38)24-67-51(49(53)62)41-10-4-7-33-8-5-11-45(61)48(33)41/h2-11,19-20,22,24-25,36-39,42,46,69-70H,12-18,21,23,26-32H2,1H3. The Labute approximate surface area is 463 Å². The average molecular weight is 1100 g/mol. The van der Waals surface area contributed by atoms with Gasteiger partial charge in [0.1, 0.15) is 40.8 Å². The van der Waals surface area contributed by atoms with Crippen molar-refractivity contribution in [2.75, 3.05) is 55.7 Å². The molecule has 0 radical (unpaired) electrons. The number of pyridine rings is 2. The van der Waals surface area contributed by atoms with Crippen LogP contribution in [0.1, 0.15) is 79.9 Å². The maximum absolute atomic E-state index is 17.8. The molecule has 7 unspecified atom stereocenters. The summed E-state index contributed by atoms with van der Waals surface area (Å²) in [7, 11) is 1.92. The number of aromatic nitrogens is 8. The monoisotopic (exact) mass is 1100 g/mol. The molecule has 7 atom stereocenters. The van der Waals surface area contributed by atoms with E-state index in [1.807, 2.05) is 71.2 Å². The van der Waals surface area contributed by atoms with E-state index in [9.17, 15) is 0 Å². The van der Waals surface area contributed by atoms with E-state index in [0.717, 1.165) is 53.6 Å². The number of benzene rings is 3. The van der Waals surface area contributed by atoms with Crippen LogP contribution in [0.15, 0.2) is 91.0 Å². The van der Waals surface area contributed by atoms with Gasteiger partial charge in [0.05, 0.1) is 35.2 Å². The summed E-state index contributed by atoms with van der Waals surface area (Å²) in [6, 6.07) is 19.5. The van der Waals surface area contributed by atoms with Gasteiger partial charge in [-0.05, 0) is 67.5 Å². The van der Waals surface area contributed by atoms with E-state index in [-0.39, 0.29) is 59.7 Å². The molecule has 5 aromatic heterocycles. The van der Waals surface area contributed by atoms with Crippen LogP contribution >= 0.6 is 11.6 Å². The molecule has 0 amide bonds. The SMILES string of the molecule is Cn1ccnc1CCOc1nc(N2CC3CCC(C2)N3)c2cnc(C3CC(C4CCC5(COc6nc(N7CC8CCC(C7)N8)c7cnc(-c8cccc9cccc(Cl)c89)c(F)c7n6)CC(F)(F)CN45)=Cc4ccccc43)c(F)c2n1. The molecule has 2 N–H and O–H groups in total. The normalized spacial score (nSPS) is 25.9. The summed E-state index contributed by atoms with van der Waals surface area (Å²) in [6.45, 7) is 2.29. The molecule has 6 fully saturated rings. The minimum atomic E-state index is -3.04. The number of fused-ring (bicyclic) bond motifs is 9. The van der Waals surface area contributed by atoms with Gasteiger partial charge in [-0.1, -0.05) is 77.8 Å². The third-order valence-electron chi connectivity index (χ3n) is 18.2. The van der Waals surface area contributed by atoms with Crippen LogP contribution in [-0.2, 0) is 13.5 Å². The number of hydrogen-bond donors (Lipinski definition) is 2. The predicted molar refractivity (Wildman–Crippen MR) is 298 cm³/mol. The van der Waals surface area contributed by atoms with Crippen LogP contribution in [0.25, 0.3) is 49.9 Å². The molecule has 6 aliphatic heterocycles. The number of anilines is 2. The number of nitrogens with zero attached hydrogens (tertiary/aromatic N) is 11.